The van der Waals surface area contributed by atoms with Crippen molar-refractivity contribution in [2.75, 3.05) is 32.8 Å². The van der Waals surface area contributed by atoms with E-state index < -0.39 is 0 Å². The number of carbonyl (C=O) groups excluding carboxylic acids is 1. The number of nitrogens with zero attached hydrogens (tertiary/aromatic N) is 1. The van der Waals surface area contributed by atoms with Crippen LogP contribution in [0.4, 0.5) is 0 Å². The van der Waals surface area contributed by atoms with Crippen molar-refractivity contribution >= 4 is 5.78 Å². The topological polar surface area (TPSA) is 49.8 Å². The number of aliphatic hydroxyl groups excluding tert-OH is 1. The van der Waals surface area contributed by atoms with Gasteiger partial charge in [-0.05, 0) is 25.7 Å². The molecule has 0 aromatic rings. The number of ketones is 1. The molecule has 1 saturated heterocycles. The highest BCUT2D eigenvalue weighted by atomic mass is 16.5. The van der Waals surface area contributed by atoms with Crippen LogP contribution in [-0.2, 0) is 9.53 Å². The highest BCUT2D eigenvalue weighted by Gasteiger charge is 2.38. The highest BCUT2D eigenvalue weighted by Crippen LogP contribution is 2.36. The molecule has 0 aromatic heterocycles. The van der Waals surface area contributed by atoms with Crippen LogP contribution in [0.3, 0.4) is 0 Å². The third-order valence-electron chi connectivity index (χ3n) is 4.85. The number of Topliss-reactive ketones (excluding diaryl/α,β-unsaturated/α-hetero) is 1. The summed E-state index contributed by atoms with van der Waals surface area (Å²) in [6, 6.07) is 0. The molecule has 0 bridgehead atoms. The second kappa shape index (κ2) is 7.01. The Labute approximate surface area is 122 Å². The van der Waals surface area contributed by atoms with E-state index in [9.17, 15) is 4.79 Å². The first-order chi connectivity index (χ1) is 9.53. The molecule has 2 aliphatic rings. The first kappa shape index (κ1) is 15.9. The van der Waals surface area contributed by atoms with E-state index in [1.807, 2.05) is 0 Å². The molecule has 1 aliphatic carbocycles. The van der Waals surface area contributed by atoms with Crippen LogP contribution in [0.25, 0.3) is 0 Å². The van der Waals surface area contributed by atoms with Crippen molar-refractivity contribution in [3.05, 3.63) is 0 Å². The Kier molecular flexibility index (Phi) is 5.58. The molecule has 1 atom stereocenters. The van der Waals surface area contributed by atoms with Gasteiger partial charge in [0.15, 0.2) is 0 Å². The Bertz CT molecular complexity index is 322. The van der Waals surface area contributed by atoms with Crippen LogP contribution in [0, 0.1) is 11.3 Å². The maximum atomic E-state index is 12.4. The lowest BCUT2D eigenvalue weighted by Crippen LogP contribution is -2.45. The second-order valence-corrected chi connectivity index (χ2v) is 6.93. The summed E-state index contributed by atoms with van der Waals surface area (Å²) < 4.78 is 5.58. The number of aliphatic hydroxyl groups is 1. The number of ether oxygens (including phenoxy) is 1. The van der Waals surface area contributed by atoms with Gasteiger partial charge in [-0.1, -0.05) is 20.3 Å². The Morgan fingerprint density at radius 1 is 1.30 bits per heavy atom. The Morgan fingerprint density at radius 2 is 2.00 bits per heavy atom. The van der Waals surface area contributed by atoms with E-state index in [0.717, 1.165) is 45.3 Å². The van der Waals surface area contributed by atoms with Gasteiger partial charge < -0.3 is 14.7 Å². The molecule has 2 rings (SSSR count). The van der Waals surface area contributed by atoms with Crippen molar-refractivity contribution in [3.8, 4) is 0 Å². The molecule has 0 spiro atoms. The van der Waals surface area contributed by atoms with Gasteiger partial charge >= 0.3 is 0 Å². The average molecular weight is 283 g/mol. The van der Waals surface area contributed by atoms with Crippen molar-refractivity contribution in [2.24, 2.45) is 11.3 Å². The van der Waals surface area contributed by atoms with Crippen LogP contribution in [0.2, 0.25) is 0 Å². The summed E-state index contributed by atoms with van der Waals surface area (Å²) in [5.74, 6) is 0.691. The molecule has 0 radical (unpaired) electrons. The van der Waals surface area contributed by atoms with Crippen molar-refractivity contribution < 1.29 is 14.6 Å². The number of likely N-dealkylation sites (tertiary alicyclic amines) is 1. The maximum Gasteiger partial charge on any atom is 0.142 e. The van der Waals surface area contributed by atoms with Crippen LogP contribution < -0.4 is 0 Å². The zero-order valence-corrected chi connectivity index (χ0v) is 12.9. The normalized spacial score (nSPS) is 28.8. The lowest BCUT2D eigenvalue weighted by molar-refractivity contribution is -0.135. The summed E-state index contributed by atoms with van der Waals surface area (Å²) >= 11 is 0. The minimum absolute atomic E-state index is 0.103. The number of hydrogen-bond acceptors (Lipinski definition) is 4. The first-order valence-electron chi connectivity index (χ1n) is 8.02. The summed E-state index contributed by atoms with van der Waals surface area (Å²) in [5.41, 5.74) is -0.120. The fourth-order valence-electron chi connectivity index (χ4n) is 3.56. The Hall–Kier alpha value is -0.450. The largest absolute Gasteiger partial charge is 0.394 e. The maximum absolute atomic E-state index is 12.4. The lowest BCUT2D eigenvalue weighted by atomic mass is 9.71. The molecule has 2 fully saturated rings. The lowest BCUT2D eigenvalue weighted by Gasteiger charge is -2.38. The van der Waals surface area contributed by atoms with E-state index in [1.165, 1.54) is 6.42 Å². The molecule has 4 heteroatoms. The zero-order chi connectivity index (χ0) is 14.6. The predicted octanol–water partition coefficient (Wildman–Crippen LogP) is 1.86. The van der Waals surface area contributed by atoms with Crippen molar-refractivity contribution in [3.63, 3.8) is 0 Å². The molecular weight excluding hydrogens is 254 g/mol. The SMILES string of the molecule is CC1(C)CCCC(CN2CCC(OCCO)CC2)C1=O. The summed E-state index contributed by atoms with van der Waals surface area (Å²) in [6.07, 6.45) is 5.60. The third kappa shape index (κ3) is 4.03. The monoisotopic (exact) mass is 283 g/mol. The fourth-order valence-corrected chi connectivity index (χ4v) is 3.56. The van der Waals surface area contributed by atoms with E-state index in [4.69, 9.17) is 9.84 Å². The molecule has 4 nitrogen and oxygen atoms in total. The van der Waals surface area contributed by atoms with Gasteiger partial charge in [0.05, 0.1) is 19.3 Å². The number of carbonyl (C=O) groups is 1. The van der Waals surface area contributed by atoms with Crippen molar-refractivity contribution in [1.29, 1.82) is 0 Å². The minimum atomic E-state index is -0.120. The summed E-state index contributed by atoms with van der Waals surface area (Å²) in [7, 11) is 0. The quantitative estimate of drug-likeness (QED) is 0.836. The summed E-state index contributed by atoms with van der Waals surface area (Å²) in [6.45, 7) is 7.69. The van der Waals surface area contributed by atoms with Gasteiger partial charge in [-0.2, -0.15) is 0 Å². The van der Waals surface area contributed by atoms with E-state index >= 15 is 0 Å². The molecule has 1 heterocycles. The van der Waals surface area contributed by atoms with E-state index in [-0.39, 0.29) is 24.0 Å². The number of hydrogen-bond donors (Lipinski definition) is 1. The molecular formula is C16H29NO3. The van der Waals surface area contributed by atoms with Gasteiger partial charge in [0.25, 0.3) is 0 Å². The van der Waals surface area contributed by atoms with Crippen molar-refractivity contribution in [2.45, 2.75) is 52.1 Å². The van der Waals surface area contributed by atoms with Gasteiger partial charge in [0, 0.05) is 31.0 Å². The minimum Gasteiger partial charge on any atom is -0.394 e. The van der Waals surface area contributed by atoms with Gasteiger partial charge in [-0.3, -0.25) is 4.79 Å². The van der Waals surface area contributed by atoms with E-state index in [1.54, 1.807) is 0 Å². The van der Waals surface area contributed by atoms with Gasteiger partial charge in [0.2, 0.25) is 0 Å². The molecule has 0 aromatic carbocycles. The molecule has 1 saturated carbocycles. The van der Waals surface area contributed by atoms with Crippen LogP contribution >= 0.6 is 0 Å². The predicted molar refractivity (Wildman–Crippen MR) is 78.6 cm³/mol. The fraction of sp³-hybridized carbons (Fsp3) is 0.938. The smallest absolute Gasteiger partial charge is 0.142 e. The third-order valence-corrected chi connectivity index (χ3v) is 4.85. The van der Waals surface area contributed by atoms with E-state index in [0.29, 0.717) is 12.4 Å². The summed E-state index contributed by atoms with van der Waals surface area (Å²) in [4.78, 5) is 14.9. The zero-order valence-electron chi connectivity index (χ0n) is 12.9. The average Bonchev–Trinajstić information content (AvgIpc) is 2.43. The van der Waals surface area contributed by atoms with E-state index in [2.05, 4.69) is 18.7 Å². The Morgan fingerprint density at radius 3 is 2.65 bits per heavy atom. The first-order valence-corrected chi connectivity index (χ1v) is 8.02. The molecule has 1 unspecified atom stereocenters. The Balaban J connectivity index is 1.76. The molecule has 1 aliphatic heterocycles. The molecule has 116 valence electrons. The van der Waals surface area contributed by atoms with Crippen LogP contribution in [0.5, 0.6) is 0 Å². The standard InChI is InChI=1S/C16H29NO3/c1-16(2)7-3-4-13(15(16)19)12-17-8-5-14(6-9-17)20-11-10-18/h13-14,18H,3-12H2,1-2H3. The van der Waals surface area contributed by atoms with Gasteiger partial charge in [-0.25, -0.2) is 0 Å². The van der Waals surface area contributed by atoms with Crippen LogP contribution in [0.1, 0.15) is 46.0 Å². The summed E-state index contributed by atoms with van der Waals surface area (Å²) in [5, 5.41) is 8.77. The van der Waals surface area contributed by atoms with Gasteiger partial charge in [0.1, 0.15) is 5.78 Å². The van der Waals surface area contributed by atoms with Crippen LogP contribution in [0.15, 0.2) is 0 Å². The molecule has 20 heavy (non-hydrogen) atoms. The molecule has 0 amide bonds. The van der Waals surface area contributed by atoms with Crippen molar-refractivity contribution in [1.82, 2.24) is 4.90 Å². The molecule has 1 N–H and O–H groups in total. The van der Waals surface area contributed by atoms with Gasteiger partial charge in [-0.15, -0.1) is 0 Å². The van der Waals surface area contributed by atoms with Crippen LogP contribution in [-0.4, -0.2) is 54.7 Å². The number of piperidine rings is 1. The number of rotatable bonds is 5. The highest BCUT2D eigenvalue weighted by molar-refractivity contribution is 5.87. The second-order valence-electron chi connectivity index (χ2n) is 6.93.